The van der Waals surface area contributed by atoms with E-state index in [9.17, 15) is 4.79 Å². The predicted octanol–water partition coefficient (Wildman–Crippen LogP) is 3.65. The van der Waals surface area contributed by atoms with Crippen molar-refractivity contribution in [2.24, 2.45) is 5.92 Å². The smallest absolute Gasteiger partial charge is 0.268 e. The number of ether oxygens (including phenoxy) is 1. The average Bonchev–Trinajstić information content (AvgIpc) is 2.72. The number of hydrogen-bond donors (Lipinski definition) is 1. The van der Waals surface area contributed by atoms with Crippen LogP contribution in [0.4, 0.5) is 0 Å². The summed E-state index contributed by atoms with van der Waals surface area (Å²) in [5.74, 6) is 1.43. The van der Waals surface area contributed by atoms with Gasteiger partial charge in [-0.15, -0.1) is 0 Å². The molecule has 138 valence electrons. The van der Waals surface area contributed by atoms with Gasteiger partial charge in [0.1, 0.15) is 5.75 Å². The highest BCUT2D eigenvalue weighted by atomic mass is 16.5. The SMILES string of the molecule is CCNCC1CCN(C(=O)C(Oc2ccccc2)c2ccccc2)CC1. The lowest BCUT2D eigenvalue weighted by atomic mass is 9.96. The molecule has 4 heteroatoms. The Morgan fingerprint density at radius 3 is 2.31 bits per heavy atom. The van der Waals surface area contributed by atoms with Crippen molar-refractivity contribution in [3.8, 4) is 5.75 Å². The minimum atomic E-state index is -0.594. The number of para-hydroxylation sites is 1. The van der Waals surface area contributed by atoms with Crippen LogP contribution >= 0.6 is 0 Å². The van der Waals surface area contributed by atoms with Gasteiger partial charge in [-0.2, -0.15) is 0 Å². The lowest BCUT2D eigenvalue weighted by Crippen LogP contribution is -2.44. The first-order chi connectivity index (χ1) is 12.8. The van der Waals surface area contributed by atoms with Crippen molar-refractivity contribution in [2.45, 2.75) is 25.9 Å². The van der Waals surface area contributed by atoms with Crippen LogP contribution < -0.4 is 10.1 Å². The molecule has 0 saturated carbocycles. The fraction of sp³-hybridized carbons (Fsp3) is 0.409. The van der Waals surface area contributed by atoms with Gasteiger partial charge in [0.2, 0.25) is 6.10 Å². The molecule has 0 aliphatic carbocycles. The minimum absolute atomic E-state index is 0.0574. The van der Waals surface area contributed by atoms with Crippen molar-refractivity contribution in [1.29, 1.82) is 0 Å². The van der Waals surface area contributed by atoms with E-state index in [0.717, 1.165) is 50.3 Å². The molecular weight excluding hydrogens is 324 g/mol. The van der Waals surface area contributed by atoms with E-state index in [1.54, 1.807) is 0 Å². The van der Waals surface area contributed by atoms with Crippen LogP contribution in [0.2, 0.25) is 0 Å². The Labute approximate surface area is 156 Å². The van der Waals surface area contributed by atoms with Crippen LogP contribution in [0.3, 0.4) is 0 Å². The molecule has 0 spiro atoms. The number of benzene rings is 2. The molecule has 1 saturated heterocycles. The topological polar surface area (TPSA) is 41.6 Å². The van der Waals surface area contributed by atoms with Crippen molar-refractivity contribution in [2.75, 3.05) is 26.2 Å². The molecule has 2 aromatic rings. The van der Waals surface area contributed by atoms with E-state index >= 15 is 0 Å². The highest BCUT2D eigenvalue weighted by Gasteiger charge is 2.30. The summed E-state index contributed by atoms with van der Waals surface area (Å²) in [7, 11) is 0. The molecule has 2 aromatic carbocycles. The lowest BCUT2D eigenvalue weighted by molar-refractivity contribution is -0.140. The van der Waals surface area contributed by atoms with Crippen LogP contribution in [0.25, 0.3) is 0 Å². The van der Waals surface area contributed by atoms with Crippen molar-refractivity contribution in [3.63, 3.8) is 0 Å². The van der Waals surface area contributed by atoms with E-state index in [-0.39, 0.29) is 5.91 Å². The van der Waals surface area contributed by atoms with Gasteiger partial charge in [0.15, 0.2) is 0 Å². The number of amides is 1. The van der Waals surface area contributed by atoms with Crippen molar-refractivity contribution >= 4 is 5.91 Å². The summed E-state index contributed by atoms with van der Waals surface area (Å²) >= 11 is 0. The Morgan fingerprint density at radius 1 is 1.08 bits per heavy atom. The molecule has 3 rings (SSSR count). The van der Waals surface area contributed by atoms with E-state index < -0.39 is 6.10 Å². The maximum atomic E-state index is 13.2. The molecule has 0 bridgehead atoms. The first-order valence-corrected chi connectivity index (χ1v) is 9.54. The van der Waals surface area contributed by atoms with E-state index in [4.69, 9.17) is 4.74 Å². The third kappa shape index (κ3) is 4.85. The zero-order valence-electron chi connectivity index (χ0n) is 15.4. The van der Waals surface area contributed by atoms with Crippen molar-refractivity contribution in [1.82, 2.24) is 10.2 Å². The van der Waals surface area contributed by atoms with E-state index in [1.165, 1.54) is 0 Å². The van der Waals surface area contributed by atoms with Gasteiger partial charge in [-0.1, -0.05) is 55.5 Å². The Kier molecular flexibility index (Phi) is 6.67. The van der Waals surface area contributed by atoms with Crippen LogP contribution in [0.5, 0.6) is 5.75 Å². The fourth-order valence-corrected chi connectivity index (χ4v) is 3.40. The Balaban J connectivity index is 1.69. The lowest BCUT2D eigenvalue weighted by Gasteiger charge is -2.34. The molecule has 1 N–H and O–H groups in total. The summed E-state index contributed by atoms with van der Waals surface area (Å²) in [6, 6.07) is 19.4. The highest BCUT2D eigenvalue weighted by Crippen LogP contribution is 2.26. The van der Waals surface area contributed by atoms with Gasteiger partial charge in [-0.25, -0.2) is 0 Å². The fourth-order valence-electron chi connectivity index (χ4n) is 3.40. The number of nitrogens with one attached hydrogen (secondary N) is 1. The number of carbonyl (C=O) groups is 1. The summed E-state index contributed by atoms with van der Waals surface area (Å²) in [4.78, 5) is 15.2. The van der Waals surface area contributed by atoms with Crippen LogP contribution in [0.1, 0.15) is 31.4 Å². The maximum absolute atomic E-state index is 13.2. The largest absolute Gasteiger partial charge is 0.476 e. The monoisotopic (exact) mass is 352 g/mol. The van der Waals surface area contributed by atoms with E-state index in [0.29, 0.717) is 5.92 Å². The number of carbonyl (C=O) groups excluding carboxylic acids is 1. The summed E-state index contributed by atoms with van der Waals surface area (Å²) in [5.41, 5.74) is 0.899. The van der Waals surface area contributed by atoms with Crippen LogP contribution in [0, 0.1) is 5.92 Å². The zero-order chi connectivity index (χ0) is 18.2. The molecule has 0 radical (unpaired) electrons. The Bertz CT molecular complexity index is 667. The highest BCUT2D eigenvalue weighted by molar-refractivity contribution is 5.82. The second kappa shape index (κ2) is 9.39. The number of piperidine rings is 1. The first-order valence-electron chi connectivity index (χ1n) is 9.54. The summed E-state index contributed by atoms with van der Waals surface area (Å²) < 4.78 is 6.10. The molecule has 1 heterocycles. The van der Waals surface area contributed by atoms with Crippen molar-refractivity contribution < 1.29 is 9.53 Å². The molecule has 1 amide bonds. The second-order valence-electron chi connectivity index (χ2n) is 6.80. The molecule has 1 fully saturated rings. The van der Waals surface area contributed by atoms with Gasteiger partial charge in [0, 0.05) is 18.7 Å². The summed E-state index contributed by atoms with van der Waals surface area (Å²) in [6.07, 6.45) is 1.50. The van der Waals surface area contributed by atoms with Crippen molar-refractivity contribution in [3.05, 3.63) is 66.2 Å². The standard InChI is InChI=1S/C22H28N2O2/c1-2-23-17-18-13-15-24(16-14-18)22(25)21(19-9-5-3-6-10-19)26-20-11-7-4-8-12-20/h3-12,18,21,23H,2,13-17H2,1H3. The zero-order valence-corrected chi connectivity index (χ0v) is 15.4. The molecule has 0 aromatic heterocycles. The molecular formula is C22H28N2O2. The molecule has 1 aliphatic rings. The third-order valence-corrected chi connectivity index (χ3v) is 4.93. The number of nitrogens with zero attached hydrogens (tertiary/aromatic N) is 1. The van der Waals surface area contributed by atoms with Crippen LogP contribution in [-0.2, 0) is 4.79 Å². The van der Waals surface area contributed by atoms with Gasteiger partial charge in [-0.05, 0) is 44.0 Å². The van der Waals surface area contributed by atoms with Gasteiger partial charge in [0.25, 0.3) is 5.91 Å². The Hall–Kier alpha value is -2.33. The predicted molar refractivity (Wildman–Crippen MR) is 104 cm³/mol. The normalized spacial score (nSPS) is 16.3. The van der Waals surface area contributed by atoms with Gasteiger partial charge in [0.05, 0.1) is 0 Å². The second-order valence-corrected chi connectivity index (χ2v) is 6.80. The van der Waals surface area contributed by atoms with Crippen LogP contribution in [0.15, 0.2) is 60.7 Å². The van der Waals surface area contributed by atoms with Gasteiger partial charge >= 0.3 is 0 Å². The van der Waals surface area contributed by atoms with E-state index in [1.807, 2.05) is 65.6 Å². The average molecular weight is 352 g/mol. The number of hydrogen-bond acceptors (Lipinski definition) is 3. The molecule has 26 heavy (non-hydrogen) atoms. The molecule has 1 aliphatic heterocycles. The summed E-state index contributed by atoms with van der Waals surface area (Å²) in [5, 5.41) is 3.42. The van der Waals surface area contributed by atoms with Gasteiger partial charge in [-0.3, -0.25) is 4.79 Å². The molecule has 4 nitrogen and oxygen atoms in total. The quantitative estimate of drug-likeness (QED) is 0.827. The van der Waals surface area contributed by atoms with Crippen LogP contribution in [-0.4, -0.2) is 37.0 Å². The van der Waals surface area contributed by atoms with E-state index in [2.05, 4.69) is 12.2 Å². The number of rotatable bonds is 7. The number of likely N-dealkylation sites (tertiary alicyclic amines) is 1. The molecule has 1 unspecified atom stereocenters. The maximum Gasteiger partial charge on any atom is 0.268 e. The molecule has 1 atom stereocenters. The first kappa shape index (κ1) is 18.5. The third-order valence-electron chi connectivity index (χ3n) is 4.93. The Morgan fingerprint density at radius 2 is 1.69 bits per heavy atom. The van der Waals surface area contributed by atoms with Gasteiger partial charge < -0.3 is 15.0 Å². The minimum Gasteiger partial charge on any atom is -0.476 e. The summed E-state index contributed by atoms with van der Waals surface area (Å²) in [6.45, 7) is 5.78.